The average molecular weight is 230 g/mol. The maximum Gasteiger partial charge on any atom is 0.112 e. The van der Waals surface area contributed by atoms with Gasteiger partial charge >= 0.3 is 0 Å². The predicted molar refractivity (Wildman–Crippen MR) is 68.1 cm³/mol. The Morgan fingerprint density at radius 2 is 2.18 bits per heavy atom. The summed E-state index contributed by atoms with van der Waals surface area (Å²) in [7, 11) is 0. The monoisotopic (exact) mass is 230 g/mol. The van der Waals surface area contributed by atoms with E-state index in [9.17, 15) is 0 Å². The first kappa shape index (κ1) is 11.8. The van der Waals surface area contributed by atoms with E-state index in [2.05, 4.69) is 39.8 Å². The van der Waals surface area contributed by atoms with Gasteiger partial charge in [-0.15, -0.1) is 0 Å². The maximum atomic E-state index is 4.35. The SMILES string of the molecule is CCNCc1ccncc1-n1ccnc1CC. The molecule has 0 aliphatic heterocycles. The molecule has 0 saturated carbocycles. The lowest BCUT2D eigenvalue weighted by molar-refractivity contribution is 0.718. The zero-order valence-corrected chi connectivity index (χ0v) is 10.3. The smallest absolute Gasteiger partial charge is 0.112 e. The number of aromatic nitrogens is 3. The molecule has 0 fully saturated rings. The summed E-state index contributed by atoms with van der Waals surface area (Å²) in [6.07, 6.45) is 8.48. The molecule has 0 aliphatic carbocycles. The number of aryl methyl sites for hydroxylation is 1. The van der Waals surface area contributed by atoms with Crippen molar-refractivity contribution in [3.05, 3.63) is 42.2 Å². The van der Waals surface area contributed by atoms with Crippen molar-refractivity contribution >= 4 is 0 Å². The van der Waals surface area contributed by atoms with Gasteiger partial charge in [-0.3, -0.25) is 4.98 Å². The molecule has 0 spiro atoms. The quantitative estimate of drug-likeness (QED) is 0.853. The van der Waals surface area contributed by atoms with Crippen LogP contribution in [0.2, 0.25) is 0 Å². The number of nitrogens with zero attached hydrogens (tertiary/aromatic N) is 3. The van der Waals surface area contributed by atoms with Crippen LogP contribution in [0.4, 0.5) is 0 Å². The number of nitrogens with one attached hydrogen (secondary N) is 1. The third-order valence-corrected chi connectivity index (χ3v) is 2.75. The van der Waals surface area contributed by atoms with Crippen molar-refractivity contribution in [3.8, 4) is 5.69 Å². The molecular formula is C13H18N4. The third kappa shape index (κ3) is 2.53. The van der Waals surface area contributed by atoms with Crippen LogP contribution in [0.3, 0.4) is 0 Å². The van der Waals surface area contributed by atoms with Gasteiger partial charge in [-0.1, -0.05) is 13.8 Å². The number of rotatable bonds is 5. The van der Waals surface area contributed by atoms with E-state index in [1.54, 1.807) is 0 Å². The van der Waals surface area contributed by atoms with E-state index in [0.717, 1.165) is 31.0 Å². The van der Waals surface area contributed by atoms with Gasteiger partial charge in [0.15, 0.2) is 0 Å². The summed E-state index contributed by atoms with van der Waals surface area (Å²) in [4.78, 5) is 8.56. The molecule has 0 saturated heterocycles. The first-order valence-corrected chi connectivity index (χ1v) is 6.03. The minimum atomic E-state index is 0.857. The number of hydrogen-bond acceptors (Lipinski definition) is 3. The van der Waals surface area contributed by atoms with Crippen LogP contribution < -0.4 is 5.32 Å². The Bertz CT molecular complexity index is 476. The molecule has 2 rings (SSSR count). The molecule has 17 heavy (non-hydrogen) atoms. The minimum absolute atomic E-state index is 0.857. The average Bonchev–Trinajstić information content (AvgIpc) is 2.84. The Morgan fingerprint density at radius 3 is 2.94 bits per heavy atom. The molecule has 0 aliphatic rings. The second-order valence-electron chi connectivity index (χ2n) is 3.85. The second kappa shape index (κ2) is 5.59. The molecule has 0 amide bonds. The first-order chi connectivity index (χ1) is 8.36. The molecule has 90 valence electrons. The standard InChI is InChI=1S/C13H18N4/c1-3-13-16-7-8-17(13)12-10-15-6-5-11(12)9-14-4-2/h5-8,10,14H,3-4,9H2,1-2H3. The van der Waals surface area contributed by atoms with Crippen LogP contribution in [0.25, 0.3) is 5.69 Å². The van der Waals surface area contributed by atoms with Crippen LogP contribution in [0.15, 0.2) is 30.9 Å². The highest BCUT2D eigenvalue weighted by Crippen LogP contribution is 2.15. The highest BCUT2D eigenvalue weighted by Gasteiger charge is 2.07. The van der Waals surface area contributed by atoms with Crippen LogP contribution >= 0.6 is 0 Å². The van der Waals surface area contributed by atoms with Crippen LogP contribution in [0.5, 0.6) is 0 Å². The zero-order chi connectivity index (χ0) is 12.1. The third-order valence-electron chi connectivity index (χ3n) is 2.75. The van der Waals surface area contributed by atoms with Crippen molar-refractivity contribution in [1.29, 1.82) is 0 Å². The van der Waals surface area contributed by atoms with Crippen molar-refractivity contribution in [3.63, 3.8) is 0 Å². The van der Waals surface area contributed by atoms with E-state index in [1.165, 1.54) is 5.56 Å². The van der Waals surface area contributed by atoms with Gasteiger partial charge in [-0.25, -0.2) is 4.98 Å². The van der Waals surface area contributed by atoms with E-state index in [0.29, 0.717) is 0 Å². The van der Waals surface area contributed by atoms with Crippen LogP contribution in [-0.2, 0) is 13.0 Å². The number of pyridine rings is 1. The summed E-state index contributed by atoms with van der Waals surface area (Å²) < 4.78 is 2.11. The molecule has 4 heteroatoms. The van der Waals surface area contributed by atoms with Gasteiger partial charge < -0.3 is 9.88 Å². The first-order valence-electron chi connectivity index (χ1n) is 6.03. The molecule has 0 atom stereocenters. The van der Waals surface area contributed by atoms with Gasteiger partial charge in [0, 0.05) is 31.6 Å². The molecule has 4 nitrogen and oxygen atoms in total. The van der Waals surface area contributed by atoms with Crippen molar-refractivity contribution < 1.29 is 0 Å². The van der Waals surface area contributed by atoms with Crippen molar-refractivity contribution in [2.75, 3.05) is 6.54 Å². The van der Waals surface area contributed by atoms with E-state index in [1.807, 2.05) is 24.8 Å². The van der Waals surface area contributed by atoms with E-state index >= 15 is 0 Å². The molecule has 1 N–H and O–H groups in total. The topological polar surface area (TPSA) is 42.7 Å². The Balaban J connectivity index is 2.37. The summed E-state index contributed by atoms with van der Waals surface area (Å²) in [5.41, 5.74) is 2.36. The Kier molecular flexibility index (Phi) is 3.88. The number of imidazole rings is 1. The fourth-order valence-corrected chi connectivity index (χ4v) is 1.86. The summed E-state index contributed by atoms with van der Waals surface area (Å²) >= 11 is 0. The zero-order valence-electron chi connectivity index (χ0n) is 10.3. The highest BCUT2D eigenvalue weighted by atomic mass is 15.1. The molecule has 2 aromatic heterocycles. The molecule has 0 bridgehead atoms. The predicted octanol–water partition coefficient (Wildman–Crippen LogP) is 1.94. The van der Waals surface area contributed by atoms with Gasteiger partial charge in [0.2, 0.25) is 0 Å². The van der Waals surface area contributed by atoms with Crippen molar-refractivity contribution in [1.82, 2.24) is 19.9 Å². The fraction of sp³-hybridized carbons (Fsp3) is 0.385. The van der Waals surface area contributed by atoms with Crippen molar-refractivity contribution in [2.45, 2.75) is 26.8 Å². The Labute approximate surface area is 102 Å². The Hall–Kier alpha value is -1.68. The van der Waals surface area contributed by atoms with Crippen LogP contribution in [0, 0.1) is 0 Å². The fourth-order valence-electron chi connectivity index (χ4n) is 1.86. The lowest BCUT2D eigenvalue weighted by Crippen LogP contribution is -2.14. The van der Waals surface area contributed by atoms with Gasteiger partial charge in [0.1, 0.15) is 5.82 Å². The highest BCUT2D eigenvalue weighted by molar-refractivity contribution is 5.39. The lowest BCUT2D eigenvalue weighted by Gasteiger charge is -2.12. The molecule has 2 aromatic rings. The summed E-state index contributed by atoms with van der Waals surface area (Å²) in [5, 5.41) is 3.34. The number of hydrogen-bond donors (Lipinski definition) is 1. The van der Waals surface area contributed by atoms with Crippen LogP contribution in [0.1, 0.15) is 25.2 Å². The minimum Gasteiger partial charge on any atom is -0.313 e. The van der Waals surface area contributed by atoms with Gasteiger partial charge in [-0.2, -0.15) is 0 Å². The van der Waals surface area contributed by atoms with E-state index < -0.39 is 0 Å². The lowest BCUT2D eigenvalue weighted by atomic mass is 10.2. The molecule has 0 radical (unpaired) electrons. The van der Waals surface area contributed by atoms with E-state index in [4.69, 9.17) is 0 Å². The summed E-state index contributed by atoms with van der Waals surface area (Å²) in [5.74, 6) is 1.07. The van der Waals surface area contributed by atoms with Crippen molar-refractivity contribution in [2.24, 2.45) is 0 Å². The second-order valence-corrected chi connectivity index (χ2v) is 3.85. The molecular weight excluding hydrogens is 212 g/mol. The van der Waals surface area contributed by atoms with Gasteiger partial charge in [0.05, 0.1) is 11.9 Å². The van der Waals surface area contributed by atoms with Gasteiger partial charge in [-0.05, 0) is 18.2 Å². The van der Waals surface area contributed by atoms with E-state index in [-0.39, 0.29) is 0 Å². The van der Waals surface area contributed by atoms with Crippen LogP contribution in [-0.4, -0.2) is 21.1 Å². The Morgan fingerprint density at radius 1 is 1.29 bits per heavy atom. The molecule has 0 unspecified atom stereocenters. The molecule has 0 aromatic carbocycles. The normalized spacial score (nSPS) is 10.7. The van der Waals surface area contributed by atoms with Gasteiger partial charge in [0.25, 0.3) is 0 Å². The maximum absolute atomic E-state index is 4.35. The summed E-state index contributed by atoms with van der Waals surface area (Å²) in [6.45, 7) is 6.04. The molecule has 2 heterocycles. The summed E-state index contributed by atoms with van der Waals surface area (Å²) in [6, 6.07) is 2.05. The largest absolute Gasteiger partial charge is 0.313 e.